The number of aliphatic hydroxyl groups excluding tert-OH is 7. The molecule has 2 rings (SSSR count). The van der Waals surface area contributed by atoms with Crippen molar-refractivity contribution in [3.63, 3.8) is 0 Å². The van der Waals surface area contributed by atoms with E-state index in [-0.39, 0.29) is 26.1 Å². The highest BCUT2D eigenvalue weighted by Crippen LogP contribution is 2.26. The van der Waals surface area contributed by atoms with Gasteiger partial charge in [0.1, 0.15) is 55.4 Å². The molecule has 2 aliphatic heterocycles. The average molecular weight is 971 g/mol. The summed E-state index contributed by atoms with van der Waals surface area (Å²) >= 11 is 0. The molecule has 0 amide bonds. The maximum atomic E-state index is 13.0. The number of esters is 2. The molecule has 15 heteroatoms. The number of carbonyl (C=O) groups is 2. The van der Waals surface area contributed by atoms with Gasteiger partial charge in [-0.15, -0.1) is 0 Å². The predicted molar refractivity (Wildman–Crippen MR) is 261 cm³/mol. The Bertz CT molecular complexity index is 1330. The topological polar surface area (TPSA) is 231 Å². The van der Waals surface area contributed by atoms with Crippen molar-refractivity contribution >= 4 is 11.9 Å². The van der Waals surface area contributed by atoms with Gasteiger partial charge >= 0.3 is 11.9 Å². The summed E-state index contributed by atoms with van der Waals surface area (Å²) in [5.74, 6) is -0.946. The van der Waals surface area contributed by atoms with Crippen molar-refractivity contribution in [3.05, 3.63) is 36.5 Å². The van der Waals surface area contributed by atoms with Crippen LogP contribution in [0.1, 0.15) is 194 Å². The Morgan fingerprint density at radius 2 is 0.882 bits per heavy atom. The minimum Gasteiger partial charge on any atom is -0.462 e. The van der Waals surface area contributed by atoms with Crippen LogP contribution < -0.4 is 0 Å². The van der Waals surface area contributed by atoms with Crippen LogP contribution in [0.25, 0.3) is 0 Å². The number of ether oxygens (including phenoxy) is 6. The molecule has 2 heterocycles. The lowest BCUT2D eigenvalue weighted by Crippen LogP contribution is -2.61. The summed E-state index contributed by atoms with van der Waals surface area (Å²) in [6, 6.07) is 0. The van der Waals surface area contributed by atoms with Crippen molar-refractivity contribution in [2.45, 2.75) is 261 Å². The lowest BCUT2D eigenvalue weighted by molar-refractivity contribution is -0.332. The normalized spacial score (nSPS) is 26.0. The molecule has 0 saturated carbocycles. The Hall–Kier alpha value is -2.28. The summed E-state index contributed by atoms with van der Waals surface area (Å²) in [4.78, 5) is 25.8. The van der Waals surface area contributed by atoms with Crippen molar-refractivity contribution in [2.24, 2.45) is 0 Å². The molecule has 0 aromatic carbocycles. The third-order valence-corrected chi connectivity index (χ3v) is 12.6. The number of carbonyl (C=O) groups excluding carboxylic acids is 2. The molecule has 7 N–H and O–H groups in total. The number of hydrogen-bond acceptors (Lipinski definition) is 15. The second-order valence-corrected chi connectivity index (χ2v) is 18.7. The maximum Gasteiger partial charge on any atom is 0.306 e. The van der Waals surface area contributed by atoms with Crippen molar-refractivity contribution in [1.29, 1.82) is 0 Å². The highest BCUT2D eigenvalue weighted by Gasteiger charge is 2.47. The van der Waals surface area contributed by atoms with Crippen LogP contribution in [-0.2, 0) is 38.0 Å². The van der Waals surface area contributed by atoms with Crippen molar-refractivity contribution < 1.29 is 73.8 Å². The van der Waals surface area contributed by atoms with E-state index >= 15 is 0 Å². The van der Waals surface area contributed by atoms with E-state index in [0.29, 0.717) is 12.8 Å². The standard InChI is InChI=1S/C53H94O15/c1-3-5-7-9-11-13-15-17-18-19-20-21-22-24-25-27-29-31-33-35-44(55)63-38-41(66-45(56)36-34-32-30-28-26-23-16-14-12-10-8-6-4-2)39-64-52-51(62)49(60)47(58)43(68-52)40-65-53-50(61)48(59)46(57)42(37-54)67-53/h11,13,17-18,23,26,41-43,46-54,57-62H,3-10,12,14-16,19-22,24-25,27-40H2,1-2H3/b13-11+,18-17+,26-23+/t41-,42+,43+,46-,47-,48?,49?,50?,51?,52+,53+/m0/s1. The molecule has 15 nitrogen and oxygen atoms in total. The molecule has 0 aromatic rings. The van der Waals surface area contributed by atoms with Gasteiger partial charge in [0, 0.05) is 12.8 Å². The van der Waals surface area contributed by atoms with Crippen LogP contribution in [-0.4, -0.2) is 142 Å². The third kappa shape index (κ3) is 27.9. The molecule has 396 valence electrons. The number of unbranched alkanes of at least 4 members (excludes halogenated alkanes) is 21. The van der Waals surface area contributed by atoms with Gasteiger partial charge in [-0.3, -0.25) is 9.59 Å². The first-order chi connectivity index (χ1) is 33.0. The van der Waals surface area contributed by atoms with Gasteiger partial charge in [-0.2, -0.15) is 0 Å². The Morgan fingerprint density at radius 1 is 0.471 bits per heavy atom. The lowest BCUT2D eigenvalue weighted by atomic mass is 9.98. The van der Waals surface area contributed by atoms with E-state index in [1.807, 2.05) is 0 Å². The summed E-state index contributed by atoms with van der Waals surface area (Å²) < 4.78 is 33.6. The molecule has 2 fully saturated rings. The van der Waals surface area contributed by atoms with Crippen LogP contribution in [0.3, 0.4) is 0 Å². The molecule has 0 radical (unpaired) electrons. The summed E-state index contributed by atoms with van der Waals surface area (Å²) in [6.07, 6.45) is 26.0. The molecule has 0 spiro atoms. The van der Waals surface area contributed by atoms with Gasteiger partial charge < -0.3 is 64.2 Å². The fourth-order valence-corrected chi connectivity index (χ4v) is 8.18. The molecule has 0 aromatic heterocycles. The van der Waals surface area contributed by atoms with Crippen molar-refractivity contribution in [3.8, 4) is 0 Å². The second kappa shape index (κ2) is 40.3. The van der Waals surface area contributed by atoms with E-state index in [1.165, 1.54) is 96.3 Å². The Kier molecular flexibility index (Phi) is 36.7. The number of rotatable bonds is 41. The molecular weight excluding hydrogens is 877 g/mol. The molecule has 11 atom stereocenters. The van der Waals surface area contributed by atoms with E-state index in [4.69, 9.17) is 28.4 Å². The highest BCUT2D eigenvalue weighted by atomic mass is 16.7. The predicted octanol–water partition coefficient (Wildman–Crippen LogP) is 7.71. The van der Waals surface area contributed by atoms with E-state index < -0.39 is 92.7 Å². The van der Waals surface area contributed by atoms with Crippen LogP contribution in [0.2, 0.25) is 0 Å². The van der Waals surface area contributed by atoms with Crippen LogP contribution in [0.5, 0.6) is 0 Å². The van der Waals surface area contributed by atoms with Crippen molar-refractivity contribution in [1.82, 2.24) is 0 Å². The minimum absolute atomic E-state index is 0.144. The first-order valence-corrected chi connectivity index (χ1v) is 26.6. The smallest absolute Gasteiger partial charge is 0.306 e. The molecule has 68 heavy (non-hydrogen) atoms. The van der Waals surface area contributed by atoms with Crippen LogP contribution in [0, 0.1) is 0 Å². The van der Waals surface area contributed by atoms with Gasteiger partial charge in [-0.05, 0) is 70.6 Å². The number of hydrogen-bond donors (Lipinski definition) is 7. The van der Waals surface area contributed by atoms with Crippen LogP contribution >= 0.6 is 0 Å². The Morgan fingerprint density at radius 3 is 1.43 bits per heavy atom. The SMILES string of the molecule is CCCCC/C=C/C/C=C/CCCCCCCCCCCC(=O)OC[C@@H](CO[C@@H]1O[C@H](CO[C@@H]2O[C@H](CO)[C@H](O)C(O)C2O)[C@H](O)C(O)C1O)OC(=O)CCCCC/C=C/CCCCCCCC. The number of aliphatic hydroxyl groups is 7. The Balaban J connectivity index is 1.79. The molecule has 0 aliphatic carbocycles. The second-order valence-electron chi connectivity index (χ2n) is 18.7. The first-order valence-electron chi connectivity index (χ1n) is 26.6. The minimum atomic E-state index is -1.77. The van der Waals surface area contributed by atoms with Gasteiger partial charge in [-0.1, -0.05) is 147 Å². The highest BCUT2D eigenvalue weighted by molar-refractivity contribution is 5.70. The Labute approximate surface area is 408 Å². The average Bonchev–Trinajstić information content (AvgIpc) is 3.33. The summed E-state index contributed by atoms with van der Waals surface area (Å²) in [5, 5.41) is 72.1. The third-order valence-electron chi connectivity index (χ3n) is 12.6. The zero-order chi connectivity index (χ0) is 49.6. The molecule has 4 unspecified atom stereocenters. The van der Waals surface area contributed by atoms with E-state index in [9.17, 15) is 45.3 Å². The largest absolute Gasteiger partial charge is 0.462 e. The maximum absolute atomic E-state index is 13.0. The lowest BCUT2D eigenvalue weighted by Gasteiger charge is -2.42. The fraction of sp³-hybridized carbons (Fsp3) is 0.849. The number of allylic oxidation sites excluding steroid dienone is 6. The van der Waals surface area contributed by atoms with E-state index in [0.717, 1.165) is 57.8 Å². The molecule has 0 bridgehead atoms. The quantitative estimate of drug-likeness (QED) is 0.0177. The van der Waals surface area contributed by atoms with Gasteiger partial charge in [0.2, 0.25) is 0 Å². The van der Waals surface area contributed by atoms with Gasteiger partial charge in [-0.25, -0.2) is 0 Å². The van der Waals surface area contributed by atoms with Gasteiger partial charge in [0.15, 0.2) is 18.7 Å². The fourth-order valence-electron chi connectivity index (χ4n) is 8.18. The first kappa shape index (κ1) is 61.8. The molecule has 2 saturated heterocycles. The van der Waals surface area contributed by atoms with Gasteiger partial charge in [0.25, 0.3) is 0 Å². The molecular formula is C53H94O15. The monoisotopic (exact) mass is 971 g/mol. The summed E-state index contributed by atoms with van der Waals surface area (Å²) in [6.45, 7) is 2.54. The van der Waals surface area contributed by atoms with Crippen LogP contribution in [0.15, 0.2) is 36.5 Å². The van der Waals surface area contributed by atoms with E-state index in [2.05, 4.69) is 50.3 Å². The zero-order valence-corrected chi connectivity index (χ0v) is 41.8. The van der Waals surface area contributed by atoms with Gasteiger partial charge in [0.05, 0.1) is 19.8 Å². The van der Waals surface area contributed by atoms with Crippen LogP contribution in [0.4, 0.5) is 0 Å². The van der Waals surface area contributed by atoms with E-state index in [1.54, 1.807) is 0 Å². The molecule has 2 aliphatic rings. The zero-order valence-electron chi connectivity index (χ0n) is 41.8. The van der Waals surface area contributed by atoms with Crippen molar-refractivity contribution in [2.75, 3.05) is 26.4 Å². The summed E-state index contributed by atoms with van der Waals surface area (Å²) in [5.41, 5.74) is 0. The summed E-state index contributed by atoms with van der Waals surface area (Å²) in [7, 11) is 0.